The Morgan fingerprint density at radius 2 is 0.648 bits per heavy atom. The maximum atomic E-state index is 11.8. The van der Waals surface area contributed by atoms with Crippen LogP contribution in [-0.2, 0) is 6.42 Å². The Kier molecular flexibility index (Phi) is 11.2. The molecule has 1 aliphatic heterocycles. The van der Waals surface area contributed by atoms with E-state index in [-0.39, 0.29) is 56.8 Å². The lowest BCUT2D eigenvalue weighted by Crippen LogP contribution is -2.10. The Morgan fingerprint density at radius 1 is 0.370 bits per heavy atom. The molecule has 0 aromatic heterocycles. The first-order valence-electron chi connectivity index (χ1n) is 16.3. The highest BCUT2D eigenvalue weighted by Crippen LogP contribution is 2.53. The average molecular weight is 759 g/mol. The van der Waals surface area contributed by atoms with Crippen molar-refractivity contribution < 1.29 is 51.1 Å². The third kappa shape index (κ3) is 8.08. The largest absolute Gasteiger partial charge is 0.530 e. The molecule has 11 nitrogen and oxygen atoms in total. The van der Waals surface area contributed by atoms with E-state index in [2.05, 4.69) is 0 Å². The van der Waals surface area contributed by atoms with Crippen molar-refractivity contribution in [3.05, 3.63) is 167 Å². The molecule has 0 radical (unpaired) electrons. The number of para-hydroxylation sites is 6. The van der Waals surface area contributed by atoms with Gasteiger partial charge >= 0.3 is 17.2 Å². The first-order valence-corrected chi connectivity index (χ1v) is 18.5. The van der Waals surface area contributed by atoms with E-state index in [1.807, 2.05) is 12.1 Å². The number of benzene rings is 6. The van der Waals surface area contributed by atoms with Crippen molar-refractivity contribution in [3.63, 3.8) is 0 Å². The molecule has 1 heterocycles. The Bertz CT molecular complexity index is 2060. The summed E-state index contributed by atoms with van der Waals surface area (Å²) in [6.45, 7) is 0. The summed E-state index contributed by atoms with van der Waals surface area (Å²) in [5.41, 5.74) is 2.66. The highest BCUT2D eigenvalue weighted by molar-refractivity contribution is 7.43. The summed E-state index contributed by atoms with van der Waals surface area (Å²) in [5.74, 6) is 2.06. The van der Waals surface area contributed by atoms with E-state index in [4.69, 9.17) is 31.9 Å². The van der Waals surface area contributed by atoms with Gasteiger partial charge in [0.15, 0.2) is 48.1 Å². The molecule has 0 N–H and O–H groups in total. The van der Waals surface area contributed by atoms with E-state index in [1.54, 1.807) is 121 Å². The van der Waals surface area contributed by atoms with Crippen LogP contribution in [0.25, 0.3) is 0 Å². The molecule has 0 unspecified atom stereocenters. The number of carbonyl (C=O) groups is 4. The van der Waals surface area contributed by atoms with E-state index < -0.39 is 17.2 Å². The fourth-order valence-corrected chi connectivity index (χ4v) is 7.46. The lowest BCUT2D eigenvalue weighted by molar-refractivity contribution is 0.111. The molecule has 0 spiro atoms. The van der Waals surface area contributed by atoms with Crippen molar-refractivity contribution in [2.75, 3.05) is 0 Å². The molecule has 0 bridgehead atoms. The van der Waals surface area contributed by atoms with Gasteiger partial charge in [-0.3, -0.25) is 19.2 Å². The Morgan fingerprint density at radius 3 is 0.963 bits per heavy atom. The summed E-state index contributed by atoms with van der Waals surface area (Å²) in [7, 11) is -4.65. The van der Waals surface area contributed by atoms with Gasteiger partial charge in [-0.2, -0.15) is 0 Å². The molecule has 6 aromatic carbocycles. The molecule has 0 saturated heterocycles. The first kappa shape index (κ1) is 35.8. The van der Waals surface area contributed by atoms with Gasteiger partial charge in [0, 0.05) is 17.5 Å². The first-order chi connectivity index (χ1) is 26.6. The van der Waals surface area contributed by atoms with E-state index in [9.17, 15) is 19.2 Å². The fourth-order valence-electron chi connectivity index (χ4n) is 5.32. The zero-order chi connectivity index (χ0) is 37.3. The smallest absolute Gasteiger partial charge is 0.449 e. The summed E-state index contributed by atoms with van der Waals surface area (Å²) in [6.07, 6.45) is 3.05. The van der Waals surface area contributed by atoms with E-state index in [1.165, 1.54) is 0 Å². The zero-order valence-electron chi connectivity index (χ0n) is 28.1. The number of aldehydes is 4. The SMILES string of the molecule is O=Cc1ccccc1OP(Oc1ccccc1C=O)Oc1cccc2c1Oc1c(cccc1OP(Oc1ccccc1C=O)Oc1ccccc1C=O)C2. The standard InChI is InChI=1S/C41H28O11P2/c42-24-30-11-1-5-17-34(30)47-53(48-35-18-6-2-12-31(35)25-43)51-38-21-9-15-28-23-29-16-10-22-39(41(29)46-40(28)38)52-54(49-36-19-7-3-13-32(36)26-44)50-37-20-8-4-14-33(37)27-45/h1-22,24-27H,23H2. The number of hydrogen-bond acceptors (Lipinski definition) is 11. The second-order valence-electron chi connectivity index (χ2n) is 11.4. The van der Waals surface area contributed by atoms with Gasteiger partial charge in [-0.05, 0) is 60.7 Å². The monoisotopic (exact) mass is 758 g/mol. The lowest BCUT2D eigenvalue weighted by Gasteiger charge is -2.26. The molecule has 13 heteroatoms. The van der Waals surface area contributed by atoms with Gasteiger partial charge in [0.25, 0.3) is 0 Å². The van der Waals surface area contributed by atoms with Crippen molar-refractivity contribution in [1.29, 1.82) is 0 Å². The predicted molar refractivity (Wildman–Crippen MR) is 201 cm³/mol. The normalized spacial score (nSPS) is 11.3. The summed E-state index contributed by atoms with van der Waals surface area (Å²) in [6, 6.07) is 37.2. The molecular weight excluding hydrogens is 730 g/mol. The van der Waals surface area contributed by atoms with Crippen molar-refractivity contribution in [3.8, 4) is 46.0 Å². The van der Waals surface area contributed by atoms with Crippen LogP contribution in [0.2, 0.25) is 0 Å². The van der Waals surface area contributed by atoms with Crippen LogP contribution in [0, 0.1) is 0 Å². The van der Waals surface area contributed by atoms with Crippen LogP contribution in [-0.4, -0.2) is 25.1 Å². The van der Waals surface area contributed by atoms with Gasteiger partial charge in [-0.15, -0.1) is 0 Å². The molecule has 268 valence electrons. The summed E-state index contributed by atoms with van der Waals surface area (Å²) in [5, 5.41) is 0. The molecule has 0 fully saturated rings. The maximum absolute atomic E-state index is 11.8. The summed E-state index contributed by atoms with van der Waals surface area (Å²) >= 11 is 0. The van der Waals surface area contributed by atoms with Crippen LogP contribution in [0.5, 0.6) is 46.0 Å². The fraction of sp³-hybridized carbons (Fsp3) is 0.0244. The molecule has 0 aliphatic carbocycles. The highest BCUT2D eigenvalue weighted by Gasteiger charge is 2.31. The molecule has 54 heavy (non-hydrogen) atoms. The number of ether oxygens (including phenoxy) is 1. The molecular formula is C41H28O11P2. The van der Waals surface area contributed by atoms with E-state index >= 15 is 0 Å². The minimum absolute atomic E-state index is 0.217. The van der Waals surface area contributed by atoms with Crippen molar-refractivity contribution in [1.82, 2.24) is 0 Å². The van der Waals surface area contributed by atoms with Gasteiger partial charge in [-0.1, -0.05) is 72.8 Å². The van der Waals surface area contributed by atoms with Gasteiger partial charge in [0.05, 0.1) is 22.3 Å². The highest BCUT2D eigenvalue weighted by atomic mass is 31.2. The molecule has 0 amide bonds. The third-order valence-electron chi connectivity index (χ3n) is 7.93. The zero-order valence-corrected chi connectivity index (χ0v) is 29.9. The van der Waals surface area contributed by atoms with Crippen molar-refractivity contribution >= 4 is 42.3 Å². The van der Waals surface area contributed by atoms with Crippen LogP contribution in [0.1, 0.15) is 52.6 Å². The number of carbonyl (C=O) groups excluding carboxylic acids is 4. The summed E-state index contributed by atoms with van der Waals surface area (Å²) < 4.78 is 43.9. The minimum Gasteiger partial charge on any atom is -0.449 e. The topological polar surface area (TPSA) is 133 Å². The number of hydrogen-bond donors (Lipinski definition) is 0. The van der Waals surface area contributed by atoms with E-state index in [0.717, 1.165) is 11.1 Å². The Balaban J connectivity index is 1.21. The van der Waals surface area contributed by atoms with Crippen LogP contribution >= 0.6 is 17.2 Å². The predicted octanol–water partition coefficient (Wildman–Crippen LogP) is 10.2. The molecule has 7 rings (SSSR count). The molecule has 0 atom stereocenters. The molecule has 0 saturated carbocycles. The quantitative estimate of drug-likeness (QED) is 0.0689. The van der Waals surface area contributed by atoms with Crippen LogP contribution in [0.15, 0.2) is 133 Å². The second kappa shape index (κ2) is 16.9. The van der Waals surface area contributed by atoms with Crippen LogP contribution in [0.3, 0.4) is 0 Å². The average Bonchev–Trinajstić information content (AvgIpc) is 3.21. The summed E-state index contributed by atoms with van der Waals surface area (Å²) in [4.78, 5) is 47.3. The molecule has 1 aliphatic rings. The Hall–Kier alpha value is -6.54. The van der Waals surface area contributed by atoms with Crippen molar-refractivity contribution in [2.45, 2.75) is 6.42 Å². The maximum Gasteiger partial charge on any atom is 0.530 e. The third-order valence-corrected chi connectivity index (χ3v) is 10.0. The minimum atomic E-state index is -2.33. The van der Waals surface area contributed by atoms with Gasteiger partial charge in [0.2, 0.25) is 0 Å². The molecule has 6 aromatic rings. The van der Waals surface area contributed by atoms with Gasteiger partial charge in [0.1, 0.15) is 23.0 Å². The second-order valence-corrected chi connectivity index (χ2v) is 13.4. The van der Waals surface area contributed by atoms with E-state index in [0.29, 0.717) is 43.1 Å². The van der Waals surface area contributed by atoms with Gasteiger partial charge in [-0.25, -0.2) is 0 Å². The Labute approximate surface area is 311 Å². The van der Waals surface area contributed by atoms with Crippen LogP contribution < -0.4 is 31.9 Å². The number of fused-ring (bicyclic) bond motifs is 2. The van der Waals surface area contributed by atoms with Crippen LogP contribution in [0.4, 0.5) is 0 Å². The lowest BCUT2D eigenvalue weighted by atomic mass is 10.00. The van der Waals surface area contributed by atoms with Gasteiger partial charge < -0.3 is 31.9 Å². The van der Waals surface area contributed by atoms with Crippen molar-refractivity contribution in [2.24, 2.45) is 0 Å². The number of rotatable bonds is 16.